The lowest BCUT2D eigenvalue weighted by molar-refractivity contribution is 0.629. The van der Waals surface area contributed by atoms with Crippen LogP contribution >= 0.6 is 11.3 Å². The van der Waals surface area contributed by atoms with E-state index in [0.717, 1.165) is 16.1 Å². The molecule has 102 valence electrons. The fourth-order valence-corrected chi connectivity index (χ4v) is 2.71. The third-order valence-electron chi connectivity index (χ3n) is 3.03. The molecule has 0 spiro atoms. The number of rotatable bonds is 3. The molecule has 2 aromatic heterocycles. The van der Waals surface area contributed by atoms with Crippen LogP contribution in [0.1, 0.15) is 23.7 Å². The van der Waals surface area contributed by atoms with E-state index < -0.39 is 0 Å². The van der Waals surface area contributed by atoms with Crippen molar-refractivity contribution in [3.63, 3.8) is 0 Å². The predicted molar refractivity (Wildman–Crippen MR) is 78.4 cm³/mol. The van der Waals surface area contributed by atoms with Gasteiger partial charge in [-0.15, -0.1) is 11.3 Å². The molecule has 2 heterocycles. The van der Waals surface area contributed by atoms with E-state index >= 15 is 0 Å². The number of halogens is 1. The van der Waals surface area contributed by atoms with Crippen LogP contribution in [0.3, 0.4) is 0 Å². The summed E-state index contributed by atoms with van der Waals surface area (Å²) in [7, 11) is 0. The van der Waals surface area contributed by atoms with E-state index in [1.165, 1.54) is 18.5 Å². The van der Waals surface area contributed by atoms with Crippen molar-refractivity contribution in [2.24, 2.45) is 0 Å². The van der Waals surface area contributed by atoms with Crippen LogP contribution in [0.5, 0.6) is 0 Å². The molecule has 1 aromatic carbocycles. The van der Waals surface area contributed by atoms with Gasteiger partial charge < -0.3 is 5.32 Å². The first kappa shape index (κ1) is 12.9. The Bertz CT molecular complexity index is 756. The number of anilines is 1. The van der Waals surface area contributed by atoms with Gasteiger partial charge in [0.25, 0.3) is 0 Å². The van der Waals surface area contributed by atoms with Gasteiger partial charge >= 0.3 is 0 Å². The van der Waals surface area contributed by atoms with Crippen LogP contribution in [-0.2, 0) is 0 Å². The first-order valence-corrected chi connectivity index (χ1v) is 7.10. The van der Waals surface area contributed by atoms with Gasteiger partial charge in [-0.05, 0) is 26.0 Å². The van der Waals surface area contributed by atoms with Gasteiger partial charge in [0, 0.05) is 16.8 Å². The summed E-state index contributed by atoms with van der Waals surface area (Å²) in [6.07, 6.45) is 1.43. The average Bonchev–Trinajstić information content (AvgIpc) is 2.85. The summed E-state index contributed by atoms with van der Waals surface area (Å²) in [5.41, 5.74) is 1.56. The maximum atomic E-state index is 13.2. The standard InChI is InChI=1S/C14H13FN4S/c1-8(13-6-20-9(2)19-13)18-14-11-4-3-10(15)5-12(11)16-7-17-14/h3-8H,1-2H3,(H,16,17,18)/t8-/m1/s1. The molecule has 0 unspecified atom stereocenters. The van der Waals surface area contributed by atoms with E-state index in [4.69, 9.17) is 0 Å². The van der Waals surface area contributed by atoms with Gasteiger partial charge in [0.1, 0.15) is 18.0 Å². The normalized spacial score (nSPS) is 12.6. The van der Waals surface area contributed by atoms with Crippen molar-refractivity contribution >= 4 is 28.1 Å². The molecule has 4 nitrogen and oxygen atoms in total. The Balaban J connectivity index is 1.94. The molecule has 0 aliphatic rings. The zero-order valence-corrected chi connectivity index (χ0v) is 11.9. The minimum Gasteiger partial charge on any atom is -0.361 e. The maximum Gasteiger partial charge on any atom is 0.137 e. The first-order valence-electron chi connectivity index (χ1n) is 6.22. The Morgan fingerprint density at radius 3 is 2.90 bits per heavy atom. The molecule has 0 aliphatic heterocycles. The number of aryl methyl sites for hydroxylation is 1. The Hall–Kier alpha value is -2.08. The second-order valence-electron chi connectivity index (χ2n) is 4.54. The molecular formula is C14H13FN4S. The number of nitrogens with zero attached hydrogens (tertiary/aromatic N) is 3. The van der Waals surface area contributed by atoms with Gasteiger partial charge in [-0.1, -0.05) is 0 Å². The molecule has 3 rings (SSSR count). The van der Waals surface area contributed by atoms with Crippen molar-refractivity contribution in [3.8, 4) is 0 Å². The van der Waals surface area contributed by atoms with Crippen LogP contribution in [0.2, 0.25) is 0 Å². The molecule has 0 amide bonds. The van der Waals surface area contributed by atoms with Crippen LogP contribution in [0, 0.1) is 12.7 Å². The molecule has 0 radical (unpaired) electrons. The quantitative estimate of drug-likeness (QED) is 0.798. The van der Waals surface area contributed by atoms with E-state index in [1.807, 2.05) is 19.2 Å². The molecule has 6 heteroatoms. The highest BCUT2D eigenvalue weighted by molar-refractivity contribution is 7.09. The largest absolute Gasteiger partial charge is 0.361 e. The number of thiazole rings is 1. The van der Waals surface area contributed by atoms with E-state index in [1.54, 1.807) is 17.4 Å². The molecule has 0 saturated carbocycles. The zero-order chi connectivity index (χ0) is 14.1. The van der Waals surface area contributed by atoms with Crippen LogP contribution < -0.4 is 5.32 Å². The summed E-state index contributed by atoms with van der Waals surface area (Å²) in [6.45, 7) is 4.00. The number of hydrogen-bond donors (Lipinski definition) is 1. The number of benzene rings is 1. The van der Waals surface area contributed by atoms with Gasteiger partial charge in [-0.25, -0.2) is 19.3 Å². The molecule has 3 aromatic rings. The topological polar surface area (TPSA) is 50.7 Å². The Kier molecular flexibility index (Phi) is 3.31. The summed E-state index contributed by atoms with van der Waals surface area (Å²) in [5.74, 6) is 0.387. The smallest absolute Gasteiger partial charge is 0.137 e. The summed E-state index contributed by atoms with van der Waals surface area (Å²) in [4.78, 5) is 12.8. The van der Waals surface area contributed by atoms with Crippen molar-refractivity contribution in [2.45, 2.75) is 19.9 Å². The zero-order valence-electron chi connectivity index (χ0n) is 11.1. The number of aromatic nitrogens is 3. The molecule has 0 aliphatic carbocycles. The third kappa shape index (κ3) is 2.46. The van der Waals surface area contributed by atoms with Crippen LogP contribution in [0.4, 0.5) is 10.2 Å². The molecule has 1 atom stereocenters. The fourth-order valence-electron chi connectivity index (χ4n) is 2.00. The van der Waals surface area contributed by atoms with Crippen molar-refractivity contribution in [2.75, 3.05) is 5.32 Å². The summed E-state index contributed by atoms with van der Waals surface area (Å²) in [6, 6.07) is 4.53. The van der Waals surface area contributed by atoms with Gasteiger partial charge in [0.15, 0.2) is 0 Å². The second kappa shape index (κ2) is 5.13. The van der Waals surface area contributed by atoms with Gasteiger partial charge in [0.05, 0.1) is 22.3 Å². The SMILES string of the molecule is Cc1nc([C@@H](C)Nc2ncnc3cc(F)ccc23)cs1. The number of hydrogen-bond acceptors (Lipinski definition) is 5. The van der Waals surface area contributed by atoms with Crippen LogP contribution in [0.25, 0.3) is 10.9 Å². The van der Waals surface area contributed by atoms with Crippen molar-refractivity contribution in [1.82, 2.24) is 15.0 Å². The predicted octanol–water partition coefficient (Wildman–Crippen LogP) is 3.71. The van der Waals surface area contributed by atoms with Gasteiger partial charge in [0.2, 0.25) is 0 Å². The fraction of sp³-hybridized carbons (Fsp3) is 0.214. The highest BCUT2D eigenvalue weighted by atomic mass is 32.1. The van der Waals surface area contributed by atoms with E-state index in [0.29, 0.717) is 11.3 Å². The van der Waals surface area contributed by atoms with Crippen molar-refractivity contribution < 1.29 is 4.39 Å². The lowest BCUT2D eigenvalue weighted by atomic mass is 10.2. The molecule has 0 fully saturated rings. The monoisotopic (exact) mass is 288 g/mol. The Labute approximate surface area is 119 Å². The van der Waals surface area contributed by atoms with E-state index in [-0.39, 0.29) is 11.9 Å². The maximum absolute atomic E-state index is 13.2. The number of fused-ring (bicyclic) bond motifs is 1. The highest BCUT2D eigenvalue weighted by Gasteiger charge is 2.12. The number of nitrogens with one attached hydrogen (secondary N) is 1. The second-order valence-corrected chi connectivity index (χ2v) is 5.60. The summed E-state index contributed by atoms with van der Waals surface area (Å²) < 4.78 is 13.2. The first-order chi connectivity index (χ1) is 9.63. The Morgan fingerprint density at radius 1 is 1.30 bits per heavy atom. The van der Waals surface area contributed by atoms with Gasteiger partial charge in [-0.2, -0.15) is 0 Å². The minimum atomic E-state index is -0.301. The average molecular weight is 288 g/mol. The van der Waals surface area contributed by atoms with Crippen LogP contribution in [0.15, 0.2) is 29.9 Å². The lowest BCUT2D eigenvalue weighted by Crippen LogP contribution is -2.09. The van der Waals surface area contributed by atoms with E-state index in [9.17, 15) is 4.39 Å². The molecule has 0 bridgehead atoms. The summed E-state index contributed by atoms with van der Waals surface area (Å²) >= 11 is 1.62. The third-order valence-corrected chi connectivity index (χ3v) is 3.82. The Morgan fingerprint density at radius 2 is 2.15 bits per heavy atom. The van der Waals surface area contributed by atoms with Crippen molar-refractivity contribution in [3.05, 3.63) is 46.4 Å². The lowest BCUT2D eigenvalue weighted by Gasteiger charge is -2.13. The molecule has 20 heavy (non-hydrogen) atoms. The molecule has 1 N–H and O–H groups in total. The van der Waals surface area contributed by atoms with Crippen molar-refractivity contribution in [1.29, 1.82) is 0 Å². The van der Waals surface area contributed by atoms with Crippen LogP contribution in [-0.4, -0.2) is 15.0 Å². The van der Waals surface area contributed by atoms with E-state index in [2.05, 4.69) is 20.3 Å². The molecule has 0 saturated heterocycles. The van der Waals surface area contributed by atoms with Gasteiger partial charge in [-0.3, -0.25) is 0 Å². The molecular weight excluding hydrogens is 275 g/mol. The highest BCUT2D eigenvalue weighted by Crippen LogP contribution is 2.25. The summed E-state index contributed by atoms with van der Waals surface area (Å²) in [5, 5.41) is 7.16. The minimum absolute atomic E-state index is 0.0307.